The summed E-state index contributed by atoms with van der Waals surface area (Å²) in [6.45, 7) is 6.83. The fraction of sp³-hybridized carbons (Fsp3) is 0.667. The molecule has 0 bridgehead atoms. The van der Waals surface area contributed by atoms with E-state index in [2.05, 4.69) is 31.3 Å². The lowest BCUT2D eigenvalue weighted by atomic mass is 9.82. The molecule has 1 N–H and O–H groups in total. The van der Waals surface area contributed by atoms with Gasteiger partial charge in [-0.05, 0) is 55.8 Å². The standard InChI is InChI=1S/C18H29NO2/c1-14-9-15(2)11-18(10-14)21-8-7-20-17-6-4-5-16(12-17)13-19-3/h4-6,12,14-15,18-19H,7-11,13H2,1-3H3. The average molecular weight is 291 g/mol. The van der Waals surface area contributed by atoms with Crippen LogP contribution < -0.4 is 10.1 Å². The molecule has 3 nitrogen and oxygen atoms in total. The molecule has 0 radical (unpaired) electrons. The summed E-state index contributed by atoms with van der Waals surface area (Å²) in [6.07, 6.45) is 4.15. The van der Waals surface area contributed by atoms with Crippen molar-refractivity contribution in [1.82, 2.24) is 5.32 Å². The van der Waals surface area contributed by atoms with Crippen molar-refractivity contribution < 1.29 is 9.47 Å². The largest absolute Gasteiger partial charge is 0.491 e. The molecule has 0 amide bonds. The molecule has 1 saturated carbocycles. The number of benzene rings is 1. The van der Waals surface area contributed by atoms with E-state index in [-0.39, 0.29) is 0 Å². The van der Waals surface area contributed by atoms with Crippen LogP contribution in [-0.4, -0.2) is 26.4 Å². The van der Waals surface area contributed by atoms with Crippen molar-refractivity contribution >= 4 is 0 Å². The summed E-state index contributed by atoms with van der Waals surface area (Å²) in [5.41, 5.74) is 1.24. The minimum atomic E-state index is 0.419. The third-order valence-corrected chi connectivity index (χ3v) is 4.12. The van der Waals surface area contributed by atoms with E-state index < -0.39 is 0 Å². The van der Waals surface area contributed by atoms with Gasteiger partial charge in [0, 0.05) is 6.54 Å². The molecule has 1 aromatic rings. The molecule has 0 saturated heterocycles. The van der Waals surface area contributed by atoms with Gasteiger partial charge in [-0.2, -0.15) is 0 Å². The summed E-state index contributed by atoms with van der Waals surface area (Å²) in [7, 11) is 1.95. The van der Waals surface area contributed by atoms with E-state index >= 15 is 0 Å². The average Bonchev–Trinajstić information content (AvgIpc) is 2.43. The topological polar surface area (TPSA) is 30.5 Å². The number of rotatable bonds is 7. The second-order valence-corrected chi connectivity index (χ2v) is 6.44. The predicted octanol–water partition coefficient (Wildman–Crippen LogP) is 3.63. The minimum Gasteiger partial charge on any atom is -0.491 e. The molecular formula is C18H29NO2. The Morgan fingerprint density at radius 3 is 2.57 bits per heavy atom. The van der Waals surface area contributed by atoms with Crippen LogP contribution in [0.5, 0.6) is 5.75 Å². The Hall–Kier alpha value is -1.06. The summed E-state index contributed by atoms with van der Waals surface area (Å²) < 4.78 is 11.8. The maximum atomic E-state index is 5.99. The number of ether oxygens (including phenoxy) is 2. The van der Waals surface area contributed by atoms with Gasteiger partial charge in [-0.15, -0.1) is 0 Å². The molecule has 1 aliphatic rings. The van der Waals surface area contributed by atoms with Crippen LogP contribution in [0.25, 0.3) is 0 Å². The summed E-state index contributed by atoms with van der Waals surface area (Å²) in [4.78, 5) is 0. The van der Waals surface area contributed by atoms with Crippen molar-refractivity contribution in [2.45, 2.75) is 45.8 Å². The van der Waals surface area contributed by atoms with Crippen molar-refractivity contribution in [3.8, 4) is 5.75 Å². The molecule has 2 unspecified atom stereocenters. The van der Waals surface area contributed by atoms with E-state index in [1.54, 1.807) is 0 Å². The van der Waals surface area contributed by atoms with Gasteiger partial charge >= 0.3 is 0 Å². The first-order chi connectivity index (χ1) is 10.2. The first kappa shape index (κ1) is 16.3. The Morgan fingerprint density at radius 2 is 1.86 bits per heavy atom. The van der Waals surface area contributed by atoms with Crippen molar-refractivity contribution in [2.24, 2.45) is 11.8 Å². The predicted molar refractivity (Wildman–Crippen MR) is 86.6 cm³/mol. The van der Waals surface area contributed by atoms with Gasteiger partial charge in [0.2, 0.25) is 0 Å². The Morgan fingerprint density at radius 1 is 1.10 bits per heavy atom. The lowest BCUT2D eigenvalue weighted by Crippen LogP contribution is -2.27. The molecule has 0 aliphatic heterocycles. The molecule has 1 aliphatic carbocycles. The molecule has 0 spiro atoms. The smallest absolute Gasteiger partial charge is 0.119 e. The van der Waals surface area contributed by atoms with E-state index in [4.69, 9.17) is 9.47 Å². The lowest BCUT2D eigenvalue weighted by Gasteiger charge is -2.31. The fourth-order valence-corrected chi connectivity index (χ4v) is 3.33. The zero-order valence-electron chi connectivity index (χ0n) is 13.6. The highest BCUT2D eigenvalue weighted by Gasteiger charge is 2.24. The molecule has 2 atom stereocenters. The highest BCUT2D eigenvalue weighted by molar-refractivity contribution is 5.28. The minimum absolute atomic E-state index is 0.419. The van der Waals surface area contributed by atoms with Gasteiger partial charge in [0.05, 0.1) is 12.7 Å². The second-order valence-electron chi connectivity index (χ2n) is 6.44. The molecule has 2 rings (SSSR count). The fourth-order valence-electron chi connectivity index (χ4n) is 3.33. The van der Waals surface area contributed by atoms with Crippen LogP contribution in [0, 0.1) is 11.8 Å². The van der Waals surface area contributed by atoms with Gasteiger partial charge in [-0.1, -0.05) is 26.0 Å². The lowest BCUT2D eigenvalue weighted by molar-refractivity contribution is -0.0107. The normalized spacial score (nSPS) is 25.8. The van der Waals surface area contributed by atoms with Crippen molar-refractivity contribution in [2.75, 3.05) is 20.3 Å². The quantitative estimate of drug-likeness (QED) is 0.778. The Labute approximate surface area is 129 Å². The van der Waals surface area contributed by atoms with Crippen LogP contribution in [-0.2, 0) is 11.3 Å². The molecule has 0 heterocycles. The zero-order valence-corrected chi connectivity index (χ0v) is 13.6. The third-order valence-electron chi connectivity index (χ3n) is 4.12. The van der Waals surface area contributed by atoms with E-state index in [9.17, 15) is 0 Å². The summed E-state index contributed by atoms with van der Waals surface area (Å²) in [6, 6.07) is 8.23. The number of nitrogens with one attached hydrogen (secondary N) is 1. The van der Waals surface area contributed by atoms with Crippen LogP contribution in [0.2, 0.25) is 0 Å². The highest BCUT2D eigenvalue weighted by Crippen LogP contribution is 2.30. The zero-order chi connectivity index (χ0) is 15.1. The first-order valence-corrected chi connectivity index (χ1v) is 8.15. The molecule has 21 heavy (non-hydrogen) atoms. The summed E-state index contributed by atoms with van der Waals surface area (Å²) in [5.74, 6) is 2.51. The molecular weight excluding hydrogens is 262 g/mol. The Balaban J connectivity index is 1.68. The van der Waals surface area contributed by atoms with Crippen molar-refractivity contribution in [3.05, 3.63) is 29.8 Å². The number of hydrogen-bond donors (Lipinski definition) is 1. The van der Waals surface area contributed by atoms with Gasteiger partial charge in [-0.25, -0.2) is 0 Å². The molecule has 1 fully saturated rings. The van der Waals surface area contributed by atoms with E-state index in [0.29, 0.717) is 19.3 Å². The summed E-state index contributed by atoms with van der Waals surface area (Å²) in [5, 5.41) is 3.15. The Kier molecular flexibility index (Phi) is 6.52. The van der Waals surface area contributed by atoms with E-state index in [1.165, 1.54) is 24.8 Å². The maximum Gasteiger partial charge on any atom is 0.119 e. The van der Waals surface area contributed by atoms with Crippen LogP contribution in [0.4, 0.5) is 0 Å². The van der Waals surface area contributed by atoms with E-state index in [0.717, 1.165) is 24.1 Å². The van der Waals surface area contributed by atoms with Crippen molar-refractivity contribution in [3.63, 3.8) is 0 Å². The van der Waals surface area contributed by atoms with E-state index in [1.807, 2.05) is 19.2 Å². The van der Waals surface area contributed by atoms with Gasteiger partial charge in [0.15, 0.2) is 0 Å². The van der Waals surface area contributed by atoms with Crippen LogP contribution in [0.3, 0.4) is 0 Å². The Bertz CT molecular complexity index is 411. The monoisotopic (exact) mass is 291 g/mol. The molecule has 118 valence electrons. The number of hydrogen-bond acceptors (Lipinski definition) is 3. The van der Waals surface area contributed by atoms with Crippen LogP contribution in [0.1, 0.15) is 38.7 Å². The van der Waals surface area contributed by atoms with Crippen molar-refractivity contribution in [1.29, 1.82) is 0 Å². The van der Waals surface area contributed by atoms with Gasteiger partial charge in [0.25, 0.3) is 0 Å². The molecule has 3 heteroatoms. The van der Waals surface area contributed by atoms with Crippen LogP contribution in [0.15, 0.2) is 24.3 Å². The second kappa shape index (κ2) is 8.40. The molecule has 1 aromatic carbocycles. The van der Waals surface area contributed by atoms with Gasteiger partial charge in [0.1, 0.15) is 12.4 Å². The third kappa shape index (κ3) is 5.68. The van der Waals surface area contributed by atoms with Gasteiger partial charge < -0.3 is 14.8 Å². The SMILES string of the molecule is CNCc1cccc(OCCOC2CC(C)CC(C)C2)c1. The van der Waals surface area contributed by atoms with Gasteiger partial charge in [-0.3, -0.25) is 0 Å². The highest BCUT2D eigenvalue weighted by atomic mass is 16.5. The molecule has 0 aromatic heterocycles. The maximum absolute atomic E-state index is 5.99. The summed E-state index contributed by atoms with van der Waals surface area (Å²) >= 11 is 0. The first-order valence-electron chi connectivity index (χ1n) is 8.15. The van der Waals surface area contributed by atoms with Crippen LogP contribution >= 0.6 is 0 Å².